The van der Waals surface area contributed by atoms with Gasteiger partial charge in [0, 0.05) is 7.11 Å². The Morgan fingerprint density at radius 3 is 2.69 bits per heavy atom. The van der Waals surface area contributed by atoms with Crippen LogP contribution in [0.5, 0.6) is 0 Å². The molecule has 0 aromatic heterocycles. The summed E-state index contributed by atoms with van der Waals surface area (Å²) in [5, 5.41) is 28.5. The number of rotatable bonds is 1. The fraction of sp³-hybridized carbons (Fsp3) is 1.00. The van der Waals surface area contributed by atoms with E-state index in [1.807, 2.05) is 0 Å². The normalized spacial score (nSPS) is 68.3. The molecule has 6 heteroatoms. The van der Waals surface area contributed by atoms with Crippen LogP contribution in [0, 0.1) is 0 Å². The minimum atomic E-state index is -1.73. The molecule has 2 heterocycles. The Morgan fingerprint density at radius 1 is 1.38 bits per heavy atom. The second-order valence-electron chi connectivity index (χ2n) is 3.64. The zero-order chi connectivity index (χ0) is 9.43. The molecule has 0 aromatic rings. The molecule has 0 radical (unpaired) electrons. The van der Waals surface area contributed by atoms with Crippen molar-refractivity contribution in [2.75, 3.05) is 7.11 Å². The van der Waals surface area contributed by atoms with Gasteiger partial charge in [-0.25, -0.2) is 0 Å². The lowest BCUT2D eigenvalue weighted by atomic mass is 9.90. The molecule has 0 aromatic carbocycles. The van der Waals surface area contributed by atoms with Gasteiger partial charge >= 0.3 is 0 Å². The molecule has 2 aliphatic heterocycles. The Balaban J connectivity index is 1.94. The summed E-state index contributed by atoms with van der Waals surface area (Å²) in [6.07, 6.45) is -3.67. The highest BCUT2D eigenvalue weighted by atomic mass is 17.0. The third-order valence-corrected chi connectivity index (χ3v) is 3.02. The smallest absolute Gasteiger partial charge is 0.259 e. The molecule has 6 nitrogen and oxygen atoms in total. The summed E-state index contributed by atoms with van der Waals surface area (Å²) in [6.45, 7) is 0. The summed E-state index contributed by atoms with van der Waals surface area (Å²) in [7, 11) is 1.41. The largest absolute Gasteiger partial charge is 0.387 e. The summed E-state index contributed by atoms with van der Waals surface area (Å²) in [5.74, 6) is -2.83. The van der Waals surface area contributed by atoms with E-state index in [2.05, 4.69) is 0 Å². The van der Waals surface area contributed by atoms with Crippen LogP contribution in [0.1, 0.15) is 0 Å². The first-order valence-electron chi connectivity index (χ1n) is 4.06. The number of hydrogen-bond donors (Lipinski definition) is 3. The average molecular weight is 190 g/mol. The van der Waals surface area contributed by atoms with Gasteiger partial charge in [-0.2, -0.15) is 0 Å². The quantitative estimate of drug-likeness (QED) is 0.397. The van der Waals surface area contributed by atoms with Crippen molar-refractivity contribution in [3.63, 3.8) is 0 Å². The lowest BCUT2D eigenvalue weighted by molar-refractivity contribution is -0.161. The van der Waals surface area contributed by atoms with Gasteiger partial charge in [-0.15, -0.1) is 0 Å². The second kappa shape index (κ2) is 1.90. The predicted octanol–water partition coefficient (Wildman–Crippen LogP) is -2.45. The highest BCUT2D eigenvalue weighted by Gasteiger charge is 2.94. The Hall–Kier alpha value is -0.240. The maximum Gasteiger partial charge on any atom is 0.259 e. The monoisotopic (exact) mass is 190 g/mol. The Labute approximate surface area is 73.6 Å². The second-order valence-corrected chi connectivity index (χ2v) is 3.64. The van der Waals surface area contributed by atoms with E-state index in [-0.39, 0.29) is 0 Å². The zero-order valence-corrected chi connectivity index (χ0v) is 6.88. The van der Waals surface area contributed by atoms with Crippen LogP contribution in [0.2, 0.25) is 0 Å². The van der Waals surface area contributed by atoms with Gasteiger partial charge in [0.05, 0.1) is 0 Å². The van der Waals surface area contributed by atoms with E-state index in [4.69, 9.17) is 14.2 Å². The number of ether oxygens (including phenoxy) is 3. The molecule has 74 valence electrons. The van der Waals surface area contributed by atoms with Crippen LogP contribution in [-0.4, -0.2) is 58.4 Å². The molecule has 3 unspecified atom stereocenters. The number of hydrogen-bond acceptors (Lipinski definition) is 6. The van der Waals surface area contributed by atoms with Crippen LogP contribution in [0.15, 0.2) is 0 Å². The van der Waals surface area contributed by atoms with Crippen molar-refractivity contribution in [1.29, 1.82) is 0 Å². The fourth-order valence-corrected chi connectivity index (χ4v) is 2.13. The molecule has 1 saturated carbocycles. The van der Waals surface area contributed by atoms with Gasteiger partial charge in [0.2, 0.25) is 0 Å². The van der Waals surface area contributed by atoms with Gasteiger partial charge in [-0.1, -0.05) is 0 Å². The minimum Gasteiger partial charge on any atom is -0.387 e. The summed E-state index contributed by atoms with van der Waals surface area (Å²) < 4.78 is 14.9. The Morgan fingerprint density at radius 2 is 2.08 bits per heavy atom. The van der Waals surface area contributed by atoms with Crippen LogP contribution in [0.3, 0.4) is 0 Å². The fourth-order valence-electron chi connectivity index (χ4n) is 2.13. The molecule has 2 saturated heterocycles. The standard InChI is InChI=1S/C7H10O6/c1-11-3-2(8)4(9)6(10)7(13-6)5(3)12-7/h2-5,8-10H,1H3/t2-,3?,4-,5-,6?,7?/m0/s1. The molecule has 3 fully saturated rings. The van der Waals surface area contributed by atoms with Crippen molar-refractivity contribution in [1.82, 2.24) is 0 Å². The first kappa shape index (κ1) is 8.10. The van der Waals surface area contributed by atoms with E-state index in [0.29, 0.717) is 0 Å². The lowest BCUT2D eigenvalue weighted by Crippen LogP contribution is -2.55. The molecule has 0 bridgehead atoms. The van der Waals surface area contributed by atoms with E-state index in [1.54, 1.807) is 0 Å². The van der Waals surface area contributed by atoms with Gasteiger partial charge in [0.25, 0.3) is 11.6 Å². The summed E-state index contributed by atoms with van der Waals surface area (Å²) in [5.41, 5.74) is 0. The minimum absolute atomic E-state index is 0.471. The van der Waals surface area contributed by atoms with E-state index in [1.165, 1.54) is 7.11 Å². The van der Waals surface area contributed by atoms with Gasteiger partial charge in [-0.3, -0.25) is 0 Å². The molecular formula is C7H10O6. The first-order valence-corrected chi connectivity index (χ1v) is 4.06. The SMILES string of the molecule is COC1[C@H](O)[C@H](O)C2(O)OC23O[C@@H]13. The molecule has 3 rings (SSSR count). The number of methoxy groups -OCH3 is 1. The molecule has 3 aliphatic rings. The van der Waals surface area contributed by atoms with Crippen molar-refractivity contribution in [3.05, 3.63) is 0 Å². The Bertz CT molecular complexity index is 268. The molecule has 13 heavy (non-hydrogen) atoms. The first-order chi connectivity index (χ1) is 6.07. The van der Waals surface area contributed by atoms with Crippen molar-refractivity contribution < 1.29 is 29.5 Å². The van der Waals surface area contributed by atoms with Gasteiger partial charge in [0.1, 0.15) is 24.4 Å². The maximum absolute atomic E-state index is 9.59. The maximum atomic E-state index is 9.59. The highest BCUT2D eigenvalue weighted by Crippen LogP contribution is 2.67. The van der Waals surface area contributed by atoms with Crippen molar-refractivity contribution in [2.45, 2.75) is 36.0 Å². The van der Waals surface area contributed by atoms with Crippen LogP contribution in [0.4, 0.5) is 0 Å². The molecule has 0 amide bonds. The third kappa shape index (κ3) is 0.642. The van der Waals surface area contributed by atoms with Crippen molar-refractivity contribution >= 4 is 0 Å². The van der Waals surface area contributed by atoms with Gasteiger partial charge < -0.3 is 29.5 Å². The van der Waals surface area contributed by atoms with Crippen molar-refractivity contribution in [3.8, 4) is 0 Å². The summed E-state index contributed by atoms with van der Waals surface area (Å²) >= 11 is 0. The number of aliphatic hydroxyl groups is 3. The predicted molar refractivity (Wildman–Crippen MR) is 36.4 cm³/mol. The summed E-state index contributed by atoms with van der Waals surface area (Å²) in [4.78, 5) is 0. The van der Waals surface area contributed by atoms with Crippen LogP contribution in [-0.2, 0) is 14.2 Å². The molecular weight excluding hydrogens is 180 g/mol. The topological polar surface area (TPSA) is 95.0 Å². The third-order valence-electron chi connectivity index (χ3n) is 3.02. The zero-order valence-electron chi connectivity index (χ0n) is 6.88. The van der Waals surface area contributed by atoms with Crippen molar-refractivity contribution in [2.24, 2.45) is 0 Å². The molecule has 1 spiro atoms. The van der Waals surface area contributed by atoms with E-state index in [0.717, 1.165) is 0 Å². The molecule has 1 aliphatic carbocycles. The summed E-state index contributed by atoms with van der Waals surface area (Å²) in [6, 6.07) is 0. The van der Waals surface area contributed by atoms with E-state index in [9.17, 15) is 15.3 Å². The van der Waals surface area contributed by atoms with E-state index >= 15 is 0 Å². The van der Waals surface area contributed by atoms with Gasteiger partial charge in [-0.05, 0) is 0 Å². The van der Waals surface area contributed by atoms with E-state index < -0.39 is 36.0 Å². The highest BCUT2D eigenvalue weighted by molar-refractivity contribution is 5.28. The lowest BCUT2D eigenvalue weighted by Gasteiger charge is -2.28. The number of aliphatic hydroxyl groups excluding tert-OH is 2. The van der Waals surface area contributed by atoms with Crippen LogP contribution < -0.4 is 0 Å². The molecule has 6 atom stereocenters. The van der Waals surface area contributed by atoms with Crippen LogP contribution in [0.25, 0.3) is 0 Å². The average Bonchev–Trinajstić information content (AvgIpc) is 2.92. The van der Waals surface area contributed by atoms with Gasteiger partial charge in [0.15, 0.2) is 0 Å². The van der Waals surface area contributed by atoms with Crippen LogP contribution >= 0.6 is 0 Å². The Kier molecular flexibility index (Phi) is 1.18. The number of epoxide rings is 2. The molecule has 3 N–H and O–H groups in total.